The normalized spacial score (nSPS) is 18.1. The Kier molecular flexibility index (Phi) is 5.15. The molecule has 0 saturated carbocycles. The Labute approximate surface area is 193 Å². The highest BCUT2D eigenvalue weighted by Gasteiger charge is 2.42. The minimum Gasteiger partial charge on any atom is -0.508 e. The van der Waals surface area contributed by atoms with Crippen molar-refractivity contribution in [2.45, 2.75) is 25.9 Å². The van der Waals surface area contributed by atoms with E-state index >= 15 is 0 Å². The zero-order valence-electron chi connectivity index (χ0n) is 17.9. The van der Waals surface area contributed by atoms with Gasteiger partial charge in [0.25, 0.3) is 0 Å². The lowest BCUT2D eigenvalue weighted by Crippen LogP contribution is -2.30. The van der Waals surface area contributed by atoms with Gasteiger partial charge in [-0.15, -0.1) is 0 Å². The number of pyridine rings is 1. The fraction of sp³-hybridized carbons (Fsp3) is 0.154. The summed E-state index contributed by atoms with van der Waals surface area (Å²) in [5.74, 6) is 0.225. The van der Waals surface area contributed by atoms with Gasteiger partial charge in [-0.1, -0.05) is 12.1 Å². The van der Waals surface area contributed by atoms with Gasteiger partial charge < -0.3 is 19.9 Å². The number of aromatic nitrogens is 2. The number of nitrogens with zero attached hydrogens (tertiary/aromatic N) is 3. The number of aromatic hydroxyl groups is 1. The number of benzene rings is 2. The van der Waals surface area contributed by atoms with Crippen LogP contribution in [0.3, 0.4) is 0 Å². The van der Waals surface area contributed by atoms with Crippen LogP contribution in [0.25, 0.3) is 5.69 Å². The van der Waals surface area contributed by atoms with E-state index in [4.69, 9.17) is 12.2 Å². The molecule has 0 spiro atoms. The van der Waals surface area contributed by atoms with Crippen molar-refractivity contribution in [2.24, 2.45) is 0 Å². The monoisotopic (exact) mass is 440 g/mol. The molecule has 4 aromatic rings. The molecule has 0 amide bonds. The lowest BCUT2D eigenvalue weighted by atomic mass is 10.0. The van der Waals surface area contributed by atoms with Crippen molar-refractivity contribution in [1.29, 1.82) is 0 Å². The molecule has 3 heterocycles. The molecule has 1 aliphatic heterocycles. The number of thiocarbonyl (C=S) groups is 1. The van der Waals surface area contributed by atoms with Gasteiger partial charge in [0, 0.05) is 29.5 Å². The highest BCUT2D eigenvalue weighted by molar-refractivity contribution is 7.80. The van der Waals surface area contributed by atoms with Crippen molar-refractivity contribution in [3.05, 3.63) is 108 Å². The average Bonchev–Trinajstić information content (AvgIpc) is 3.41. The zero-order chi connectivity index (χ0) is 22.2. The largest absolute Gasteiger partial charge is 0.508 e. The van der Waals surface area contributed by atoms with Crippen molar-refractivity contribution in [1.82, 2.24) is 14.9 Å². The van der Waals surface area contributed by atoms with Crippen molar-refractivity contribution in [3.63, 3.8) is 0 Å². The summed E-state index contributed by atoms with van der Waals surface area (Å²) in [6.45, 7) is 4.26. The van der Waals surface area contributed by atoms with Gasteiger partial charge in [-0.3, -0.25) is 4.98 Å². The van der Waals surface area contributed by atoms with E-state index in [0.717, 1.165) is 22.8 Å². The molecule has 32 heavy (non-hydrogen) atoms. The average molecular weight is 441 g/mol. The first-order valence-electron chi connectivity index (χ1n) is 10.6. The Hall–Kier alpha value is -3.64. The molecule has 0 unspecified atom stereocenters. The van der Waals surface area contributed by atoms with E-state index in [-0.39, 0.29) is 17.8 Å². The predicted octanol–water partition coefficient (Wildman–Crippen LogP) is 5.37. The molecule has 2 atom stereocenters. The maximum absolute atomic E-state index is 9.81. The molecule has 2 aromatic carbocycles. The molecule has 2 N–H and O–H groups in total. The summed E-state index contributed by atoms with van der Waals surface area (Å²) in [6.07, 6.45) is 3.90. The molecule has 6 heteroatoms. The molecule has 160 valence electrons. The number of aryl methyl sites for hydroxylation is 2. The number of hydrogen-bond acceptors (Lipinski definition) is 3. The van der Waals surface area contributed by atoms with Gasteiger partial charge in [-0.05, 0) is 97.9 Å². The maximum Gasteiger partial charge on any atom is 0.174 e. The van der Waals surface area contributed by atoms with Gasteiger partial charge in [0.2, 0.25) is 0 Å². The van der Waals surface area contributed by atoms with Crippen molar-refractivity contribution in [3.8, 4) is 11.4 Å². The standard InChI is InChI=1S/C26H24N4OS/c1-17-8-9-20(16-18(17)2)29-15-5-7-23(29)25-24(22-6-3-4-14-27-22)28-26(32)30(25)19-10-12-21(31)13-11-19/h3-16,24-25,31H,1-2H3,(H,28,32)/t24-,25+/m0/s1. The minimum atomic E-state index is -0.127. The Morgan fingerprint density at radius 2 is 1.69 bits per heavy atom. The van der Waals surface area contributed by atoms with Gasteiger partial charge in [-0.25, -0.2) is 0 Å². The first-order chi connectivity index (χ1) is 15.5. The van der Waals surface area contributed by atoms with Crippen LogP contribution in [0.2, 0.25) is 0 Å². The van der Waals surface area contributed by atoms with Crippen LogP contribution in [-0.2, 0) is 0 Å². The van der Waals surface area contributed by atoms with E-state index in [2.05, 4.69) is 70.1 Å². The van der Waals surface area contributed by atoms with Crippen LogP contribution in [-0.4, -0.2) is 19.8 Å². The smallest absolute Gasteiger partial charge is 0.174 e. The predicted molar refractivity (Wildman–Crippen MR) is 131 cm³/mol. The van der Waals surface area contributed by atoms with Gasteiger partial charge in [0.1, 0.15) is 11.8 Å². The number of rotatable bonds is 4. The van der Waals surface area contributed by atoms with Crippen LogP contribution >= 0.6 is 12.2 Å². The Morgan fingerprint density at radius 3 is 2.41 bits per heavy atom. The van der Waals surface area contributed by atoms with Crippen LogP contribution in [0, 0.1) is 13.8 Å². The number of anilines is 1. The topological polar surface area (TPSA) is 53.3 Å². The number of phenolic OH excluding ortho intramolecular Hbond substituents is 1. The maximum atomic E-state index is 9.81. The Bertz CT molecular complexity index is 1270. The van der Waals surface area contributed by atoms with Gasteiger partial charge >= 0.3 is 0 Å². The van der Waals surface area contributed by atoms with Crippen molar-refractivity contribution in [2.75, 3.05) is 4.90 Å². The van der Waals surface area contributed by atoms with E-state index in [9.17, 15) is 5.11 Å². The molecule has 2 aromatic heterocycles. The van der Waals surface area contributed by atoms with E-state index in [1.54, 1.807) is 12.1 Å². The first kappa shape index (κ1) is 20.3. The van der Waals surface area contributed by atoms with Crippen molar-refractivity contribution < 1.29 is 5.11 Å². The van der Waals surface area contributed by atoms with Crippen molar-refractivity contribution >= 4 is 23.0 Å². The summed E-state index contributed by atoms with van der Waals surface area (Å²) in [7, 11) is 0. The fourth-order valence-corrected chi connectivity index (χ4v) is 4.64. The van der Waals surface area contributed by atoms with Crippen LogP contribution in [0.5, 0.6) is 5.75 Å². The molecular formula is C26H24N4OS. The van der Waals surface area contributed by atoms with E-state index in [0.29, 0.717) is 5.11 Å². The first-order valence-corrected chi connectivity index (χ1v) is 11.0. The Balaban J connectivity index is 1.67. The quantitative estimate of drug-likeness (QED) is 0.418. The second-order valence-corrected chi connectivity index (χ2v) is 8.47. The molecule has 1 fully saturated rings. The molecule has 1 saturated heterocycles. The molecule has 0 bridgehead atoms. The highest BCUT2D eigenvalue weighted by Crippen LogP contribution is 2.42. The fourth-order valence-electron chi connectivity index (χ4n) is 4.29. The molecule has 0 radical (unpaired) electrons. The number of nitrogens with one attached hydrogen (secondary N) is 1. The summed E-state index contributed by atoms with van der Waals surface area (Å²) >= 11 is 5.80. The van der Waals surface area contributed by atoms with E-state index in [1.165, 1.54) is 11.1 Å². The van der Waals surface area contributed by atoms with Crippen LogP contribution in [0.15, 0.2) is 85.2 Å². The second-order valence-electron chi connectivity index (χ2n) is 8.08. The summed E-state index contributed by atoms with van der Waals surface area (Å²) < 4.78 is 2.22. The van der Waals surface area contributed by atoms with Gasteiger partial charge in [-0.2, -0.15) is 0 Å². The lowest BCUT2D eigenvalue weighted by Gasteiger charge is -2.29. The third-order valence-corrected chi connectivity index (χ3v) is 6.39. The number of phenols is 1. The third-order valence-electron chi connectivity index (χ3n) is 6.08. The highest BCUT2D eigenvalue weighted by atomic mass is 32.1. The molecule has 5 nitrogen and oxygen atoms in total. The minimum absolute atomic E-state index is 0.126. The SMILES string of the molecule is Cc1ccc(-n2cccc2[C@@H]2[C@H](c3ccccn3)NC(=S)N2c2ccc(O)cc2)cc1C. The van der Waals surface area contributed by atoms with Crippen LogP contribution < -0.4 is 10.2 Å². The van der Waals surface area contributed by atoms with E-state index in [1.807, 2.05) is 36.5 Å². The summed E-state index contributed by atoms with van der Waals surface area (Å²) in [6, 6.07) is 23.5. The van der Waals surface area contributed by atoms with Gasteiger partial charge in [0.05, 0.1) is 11.7 Å². The lowest BCUT2D eigenvalue weighted by molar-refractivity contribution is 0.475. The Morgan fingerprint density at radius 1 is 0.906 bits per heavy atom. The molecule has 1 aliphatic rings. The van der Waals surface area contributed by atoms with E-state index < -0.39 is 0 Å². The number of hydrogen-bond donors (Lipinski definition) is 2. The van der Waals surface area contributed by atoms with Gasteiger partial charge in [0.15, 0.2) is 5.11 Å². The molecule has 5 rings (SSSR count). The third kappa shape index (κ3) is 3.52. The van der Waals surface area contributed by atoms with Crippen LogP contribution in [0.1, 0.15) is 34.6 Å². The second kappa shape index (κ2) is 8.13. The molecule has 0 aliphatic carbocycles. The summed E-state index contributed by atoms with van der Waals surface area (Å²) in [4.78, 5) is 6.74. The van der Waals surface area contributed by atoms with Crippen LogP contribution in [0.4, 0.5) is 5.69 Å². The summed E-state index contributed by atoms with van der Waals surface area (Å²) in [5, 5.41) is 13.9. The summed E-state index contributed by atoms with van der Waals surface area (Å²) in [5.41, 5.74) is 6.56. The zero-order valence-corrected chi connectivity index (χ0v) is 18.8. The molecular weight excluding hydrogens is 416 g/mol.